The molecule has 0 unspecified atom stereocenters. The summed E-state index contributed by atoms with van der Waals surface area (Å²) >= 11 is 0.988. The Hall–Kier alpha value is -2.21. The summed E-state index contributed by atoms with van der Waals surface area (Å²) in [5.74, 6) is -1.27. The van der Waals surface area contributed by atoms with Crippen LogP contribution in [0.1, 0.15) is 27.9 Å². The fourth-order valence-electron chi connectivity index (χ4n) is 1.80. The number of hydrogen-bond acceptors (Lipinski definition) is 4. The molecule has 0 atom stereocenters. The van der Waals surface area contributed by atoms with Crippen LogP contribution in [0.2, 0.25) is 0 Å². The lowest BCUT2D eigenvalue weighted by Crippen LogP contribution is -2.05. The molecule has 5 nitrogen and oxygen atoms in total. The summed E-state index contributed by atoms with van der Waals surface area (Å²) in [6, 6.07) is 9.79. The van der Waals surface area contributed by atoms with Crippen molar-refractivity contribution in [3.8, 4) is 0 Å². The van der Waals surface area contributed by atoms with E-state index in [0.717, 1.165) is 16.9 Å². The highest BCUT2D eigenvalue weighted by Crippen LogP contribution is 2.24. The van der Waals surface area contributed by atoms with E-state index in [4.69, 9.17) is 5.11 Å². The van der Waals surface area contributed by atoms with E-state index < -0.39 is 5.97 Å². The number of thiazole rings is 1. The van der Waals surface area contributed by atoms with Gasteiger partial charge in [0.25, 0.3) is 0 Å². The Labute approximate surface area is 120 Å². The zero-order chi connectivity index (χ0) is 14.5. The lowest BCUT2D eigenvalue weighted by atomic mass is 10.1. The molecular formula is C14H14N2O3S. The van der Waals surface area contributed by atoms with Crippen molar-refractivity contribution >= 4 is 28.3 Å². The molecule has 0 bridgehead atoms. The molecule has 0 spiro atoms. The van der Waals surface area contributed by atoms with Crippen molar-refractivity contribution in [1.29, 1.82) is 0 Å². The van der Waals surface area contributed by atoms with E-state index in [-0.39, 0.29) is 10.8 Å². The van der Waals surface area contributed by atoms with E-state index in [1.54, 1.807) is 0 Å². The van der Waals surface area contributed by atoms with E-state index in [0.29, 0.717) is 23.7 Å². The maximum Gasteiger partial charge on any atom is 0.347 e. The number of aromatic nitrogens is 1. The zero-order valence-electron chi connectivity index (χ0n) is 10.9. The summed E-state index contributed by atoms with van der Waals surface area (Å²) in [5.41, 5.74) is 1.63. The Kier molecular flexibility index (Phi) is 4.47. The Morgan fingerprint density at radius 2 is 1.95 bits per heavy atom. The number of aryl methyl sites for hydroxylation is 2. The SMILES string of the molecule is CC(=O)Nc1nc(CCc2ccccc2)c(C(=O)O)s1. The minimum absolute atomic E-state index is 0.185. The molecule has 0 radical (unpaired) electrons. The van der Waals surface area contributed by atoms with Gasteiger partial charge in [0.2, 0.25) is 5.91 Å². The number of carbonyl (C=O) groups excluding carboxylic acids is 1. The van der Waals surface area contributed by atoms with Crippen LogP contribution in [0.4, 0.5) is 5.13 Å². The van der Waals surface area contributed by atoms with Crippen molar-refractivity contribution in [2.45, 2.75) is 19.8 Å². The fraction of sp³-hybridized carbons (Fsp3) is 0.214. The third-order valence-electron chi connectivity index (χ3n) is 2.67. The minimum atomic E-state index is -1.01. The maximum atomic E-state index is 11.2. The summed E-state index contributed by atoms with van der Waals surface area (Å²) in [7, 11) is 0. The van der Waals surface area contributed by atoms with E-state index in [1.165, 1.54) is 6.92 Å². The molecular weight excluding hydrogens is 276 g/mol. The van der Waals surface area contributed by atoms with Gasteiger partial charge in [-0.25, -0.2) is 9.78 Å². The first-order valence-corrected chi connectivity index (χ1v) is 6.92. The lowest BCUT2D eigenvalue weighted by molar-refractivity contribution is -0.114. The fourth-order valence-corrected chi connectivity index (χ4v) is 2.70. The number of carboxylic acid groups (broad SMARTS) is 1. The van der Waals surface area contributed by atoms with Crippen molar-refractivity contribution < 1.29 is 14.7 Å². The van der Waals surface area contributed by atoms with Crippen molar-refractivity contribution in [1.82, 2.24) is 4.98 Å². The molecule has 0 saturated heterocycles. The Balaban J connectivity index is 2.15. The number of anilines is 1. The molecule has 1 amide bonds. The number of rotatable bonds is 5. The zero-order valence-corrected chi connectivity index (χ0v) is 11.7. The van der Waals surface area contributed by atoms with Gasteiger partial charge in [0, 0.05) is 6.92 Å². The molecule has 20 heavy (non-hydrogen) atoms. The van der Waals surface area contributed by atoms with Crippen LogP contribution in [0, 0.1) is 0 Å². The quantitative estimate of drug-likeness (QED) is 0.887. The van der Waals surface area contributed by atoms with Crippen LogP contribution in [0.3, 0.4) is 0 Å². The smallest absolute Gasteiger partial charge is 0.347 e. The third kappa shape index (κ3) is 3.64. The monoisotopic (exact) mass is 290 g/mol. The summed E-state index contributed by atoms with van der Waals surface area (Å²) in [5, 5.41) is 12.0. The molecule has 1 heterocycles. The summed E-state index contributed by atoms with van der Waals surface area (Å²) in [6.45, 7) is 1.37. The number of carboxylic acids is 1. The molecule has 2 aromatic rings. The number of carbonyl (C=O) groups is 2. The van der Waals surface area contributed by atoms with Crippen molar-refractivity contribution in [3.63, 3.8) is 0 Å². The first-order valence-electron chi connectivity index (χ1n) is 6.11. The average molecular weight is 290 g/mol. The molecule has 0 fully saturated rings. The van der Waals surface area contributed by atoms with Gasteiger partial charge in [-0.3, -0.25) is 4.79 Å². The molecule has 0 aliphatic carbocycles. The molecule has 1 aromatic carbocycles. The van der Waals surface area contributed by atoms with Gasteiger partial charge < -0.3 is 10.4 Å². The van der Waals surface area contributed by atoms with Gasteiger partial charge in [-0.05, 0) is 18.4 Å². The second-order valence-electron chi connectivity index (χ2n) is 4.27. The van der Waals surface area contributed by atoms with E-state index in [2.05, 4.69) is 10.3 Å². The maximum absolute atomic E-state index is 11.2. The van der Waals surface area contributed by atoms with Crippen LogP contribution in [0.15, 0.2) is 30.3 Å². The number of amides is 1. The van der Waals surface area contributed by atoms with Gasteiger partial charge in [0.15, 0.2) is 5.13 Å². The van der Waals surface area contributed by atoms with E-state index in [1.807, 2.05) is 30.3 Å². The van der Waals surface area contributed by atoms with Crippen molar-refractivity contribution in [2.75, 3.05) is 5.32 Å². The Bertz CT molecular complexity index is 623. The van der Waals surface area contributed by atoms with Gasteiger partial charge in [-0.2, -0.15) is 0 Å². The average Bonchev–Trinajstić information content (AvgIpc) is 2.80. The summed E-state index contributed by atoms with van der Waals surface area (Å²) in [4.78, 5) is 26.6. The number of nitrogens with zero attached hydrogens (tertiary/aromatic N) is 1. The highest BCUT2D eigenvalue weighted by atomic mass is 32.1. The van der Waals surface area contributed by atoms with E-state index in [9.17, 15) is 9.59 Å². The molecule has 104 valence electrons. The number of hydrogen-bond donors (Lipinski definition) is 2. The van der Waals surface area contributed by atoms with Crippen LogP contribution in [-0.2, 0) is 17.6 Å². The predicted molar refractivity (Wildman–Crippen MR) is 77.2 cm³/mol. The molecule has 2 rings (SSSR count). The van der Waals surface area contributed by atoms with Crippen LogP contribution >= 0.6 is 11.3 Å². The first kappa shape index (κ1) is 14.2. The largest absolute Gasteiger partial charge is 0.477 e. The number of benzene rings is 1. The van der Waals surface area contributed by atoms with Crippen LogP contribution in [0.25, 0.3) is 0 Å². The van der Waals surface area contributed by atoms with Crippen LogP contribution in [-0.4, -0.2) is 22.0 Å². The Morgan fingerprint density at radius 3 is 2.55 bits per heavy atom. The van der Waals surface area contributed by atoms with Gasteiger partial charge in [0.05, 0.1) is 5.69 Å². The highest BCUT2D eigenvalue weighted by molar-refractivity contribution is 7.17. The van der Waals surface area contributed by atoms with Crippen molar-refractivity contribution in [2.24, 2.45) is 0 Å². The summed E-state index contributed by atoms with van der Waals surface area (Å²) in [6.07, 6.45) is 1.24. The third-order valence-corrected chi connectivity index (χ3v) is 3.67. The molecule has 0 aliphatic heterocycles. The van der Waals surface area contributed by atoms with E-state index >= 15 is 0 Å². The normalized spacial score (nSPS) is 10.2. The van der Waals surface area contributed by atoms with Gasteiger partial charge in [-0.15, -0.1) is 0 Å². The standard InChI is InChI=1S/C14H14N2O3S/c1-9(17)15-14-16-11(12(20-14)13(18)19)8-7-10-5-3-2-4-6-10/h2-6H,7-8H2,1H3,(H,18,19)(H,15,16,17). The molecule has 2 N–H and O–H groups in total. The molecule has 0 saturated carbocycles. The van der Waals surface area contributed by atoms with Crippen molar-refractivity contribution in [3.05, 3.63) is 46.5 Å². The second kappa shape index (κ2) is 6.29. The summed E-state index contributed by atoms with van der Waals surface area (Å²) < 4.78 is 0. The van der Waals surface area contributed by atoms with Crippen LogP contribution in [0.5, 0.6) is 0 Å². The second-order valence-corrected chi connectivity index (χ2v) is 5.27. The minimum Gasteiger partial charge on any atom is -0.477 e. The van der Waals surface area contributed by atoms with Gasteiger partial charge in [-0.1, -0.05) is 41.7 Å². The highest BCUT2D eigenvalue weighted by Gasteiger charge is 2.17. The topological polar surface area (TPSA) is 79.3 Å². The number of nitrogens with one attached hydrogen (secondary N) is 1. The first-order chi connectivity index (χ1) is 9.56. The Morgan fingerprint density at radius 1 is 1.25 bits per heavy atom. The van der Waals surface area contributed by atoms with Crippen LogP contribution < -0.4 is 5.32 Å². The van der Waals surface area contributed by atoms with Gasteiger partial charge in [0.1, 0.15) is 4.88 Å². The molecule has 6 heteroatoms. The predicted octanol–water partition coefficient (Wildman–Crippen LogP) is 2.58. The molecule has 0 aliphatic rings. The van der Waals surface area contributed by atoms with Gasteiger partial charge >= 0.3 is 5.97 Å². The lowest BCUT2D eigenvalue weighted by Gasteiger charge is -2.00. The molecule has 1 aromatic heterocycles. The number of aromatic carboxylic acids is 1.